The third kappa shape index (κ3) is 6.49. The van der Waals surface area contributed by atoms with Crippen molar-refractivity contribution in [2.24, 2.45) is 11.7 Å². The van der Waals surface area contributed by atoms with E-state index in [0.717, 1.165) is 37.8 Å². The van der Waals surface area contributed by atoms with Crippen molar-refractivity contribution in [1.29, 1.82) is 0 Å². The van der Waals surface area contributed by atoms with E-state index in [-0.39, 0.29) is 0 Å². The molecule has 114 valence electrons. The number of hydrogen-bond donors (Lipinski definition) is 1. The van der Waals surface area contributed by atoms with E-state index in [1.807, 2.05) is 0 Å². The molecule has 1 heterocycles. The molecule has 0 saturated carbocycles. The van der Waals surface area contributed by atoms with Crippen LogP contribution >= 0.6 is 0 Å². The van der Waals surface area contributed by atoms with E-state index in [9.17, 15) is 0 Å². The van der Waals surface area contributed by atoms with Gasteiger partial charge >= 0.3 is 0 Å². The van der Waals surface area contributed by atoms with E-state index in [1.165, 1.54) is 31.4 Å². The topological polar surface area (TPSA) is 42.1 Å². The molecule has 3 heteroatoms. The number of aryl methyl sites for hydroxylation is 1. The van der Waals surface area contributed by atoms with Crippen LogP contribution < -0.4 is 5.73 Å². The van der Waals surface area contributed by atoms with E-state index in [4.69, 9.17) is 5.73 Å². The van der Waals surface area contributed by atoms with Gasteiger partial charge in [0.2, 0.25) is 0 Å². The quantitative estimate of drug-likeness (QED) is 0.713. The first kappa shape index (κ1) is 17.1. The Morgan fingerprint density at radius 3 is 2.65 bits per heavy atom. The molecule has 0 aromatic carbocycles. The van der Waals surface area contributed by atoms with Crippen molar-refractivity contribution >= 4 is 0 Å². The zero-order chi connectivity index (χ0) is 14.8. The molecule has 0 aliphatic carbocycles. The van der Waals surface area contributed by atoms with Crippen LogP contribution in [0.1, 0.15) is 50.9 Å². The minimum Gasteiger partial charge on any atom is -0.330 e. The largest absolute Gasteiger partial charge is 0.330 e. The molecular formula is C17H31N3. The fourth-order valence-corrected chi connectivity index (χ4v) is 2.66. The van der Waals surface area contributed by atoms with Crippen LogP contribution in [0.5, 0.6) is 0 Å². The first-order valence-corrected chi connectivity index (χ1v) is 8.04. The zero-order valence-electron chi connectivity index (χ0n) is 13.4. The first-order valence-electron chi connectivity index (χ1n) is 8.04. The molecule has 1 aromatic rings. The average Bonchev–Trinajstić information content (AvgIpc) is 2.45. The molecule has 2 N–H and O–H groups in total. The molecule has 0 aliphatic heterocycles. The molecule has 3 nitrogen and oxygen atoms in total. The lowest BCUT2D eigenvalue weighted by molar-refractivity contribution is 0.259. The van der Waals surface area contributed by atoms with Crippen LogP contribution in [-0.2, 0) is 6.54 Å². The van der Waals surface area contributed by atoms with Gasteiger partial charge < -0.3 is 5.73 Å². The van der Waals surface area contributed by atoms with Gasteiger partial charge in [0.1, 0.15) is 0 Å². The van der Waals surface area contributed by atoms with Gasteiger partial charge in [-0.1, -0.05) is 26.3 Å². The monoisotopic (exact) mass is 277 g/mol. The summed E-state index contributed by atoms with van der Waals surface area (Å²) in [6.07, 6.45) is 4.98. The fraction of sp³-hybridized carbons (Fsp3) is 0.706. The van der Waals surface area contributed by atoms with Gasteiger partial charge in [-0.3, -0.25) is 9.88 Å². The van der Waals surface area contributed by atoms with Crippen LogP contribution in [0.4, 0.5) is 0 Å². The van der Waals surface area contributed by atoms with E-state index in [1.54, 1.807) is 0 Å². The number of aromatic nitrogens is 1. The van der Waals surface area contributed by atoms with Gasteiger partial charge in [-0.2, -0.15) is 0 Å². The number of rotatable bonds is 10. The summed E-state index contributed by atoms with van der Waals surface area (Å²) in [5.74, 6) is 0.802. The van der Waals surface area contributed by atoms with Gasteiger partial charge in [0, 0.05) is 12.2 Å². The van der Waals surface area contributed by atoms with Gasteiger partial charge in [0.05, 0.1) is 5.69 Å². The van der Waals surface area contributed by atoms with E-state index < -0.39 is 0 Å². The van der Waals surface area contributed by atoms with Crippen LogP contribution in [-0.4, -0.2) is 29.5 Å². The summed E-state index contributed by atoms with van der Waals surface area (Å²) >= 11 is 0. The zero-order valence-corrected chi connectivity index (χ0v) is 13.4. The van der Waals surface area contributed by atoms with Crippen molar-refractivity contribution in [3.63, 3.8) is 0 Å². The van der Waals surface area contributed by atoms with Crippen LogP contribution in [0, 0.1) is 12.8 Å². The molecule has 0 spiro atoms. The third-order valence-corrected chi connectivity index (χ3v) is 4.02. The number of pyridine rings is 1. The van der Waals surface area contributed by atoms with Crippen molar-refractivity contribution in [3.8, 4) is 0 Å². The molecular weight excluding hydrogens is 246 g/mol. The summed E-state index contributed by atoms with van der Waals surface area (Å²) in [7, 11) is 0. The smallest absolute Gasteiger partial charge is 0.0547 e. The van der Waals surface area contributed by atoms with Crippen LogP contribution in [0.3, 0.4) is 0 Å². The first-order chi connectivity index (χ1) is 9.69. The summed E-state index contributed by atoms with van der Waals surface area (Å²) in [6, 6.07) is 6.28. The maximum Gasteiger partial charge on any atom is 0.0547 e. The van der Waals surface area contributed by atoms with Crippen molar-refractivity contribution in [2.75, 3.05) is 19.6 Å². The number of hydrogen-bond acceptors (Lipinski definition) is 3. The molecule has 1 atom stereocenters. The highest BCUT2D eigenvalue weighted by Crippen LogP contribution is 2.15. The van der Waals surface area contributed by atoms with Crippen molar-refractivity contribution < 1.29 is 0 Å². The molecule has 0 saturated heterocycles. The lowest BCUT2D eigenvalue weighted by Gasteiger charge is -2.21. The predicted molar refractivity (Wildman–Crippen MR) is 86.6 cm³/mol. The summed E-state index contributed by atoms with van der Waals surface area (Å²) in [4.78, 5) is 7.07. The highest BCUT2D eigenvalue weighted by molar-refractivity contribution is 5.09. The third-order valence-electron chi connectivity index (χ3n) is 4.02. The maximum absolute atomic E-state index is 5.66. The Morgan fingerprint density at radius 1 is 1.25 bits per heavy atom. The van der Waals surface area contributed by atoms with Crippen LogP contribution in [0.25, 0.3) is 0 Å². The molecule has 0 amide bonds. The predicted octanol–water partition coefficient (Wildman–Crippen LogP) is 3.37. The highest BCUT2D eigenvalue weighted by atomic mass is 15.1. The molecule has 0 bridgehead atoms. The lowest BCUT2D eigenvalue weighted by Crippen LogP contribution is -2.25. The van der Waals surface area contributed by atoms with E-state index in [2.05, 4.69) is 48.9 Å². The summed E-state index contributed by atoms with van der Waals surface area (Å²) in [5, 5.41) is 0. The Balaban J connectivity index is 2.36. The Morgan fingerprint density at radius 2 is 2.05 bits per heavy atom. The van der Waals surface area contributed by atoms with Gasteiger partial charge in [-0.25, -0.2) is 0 Å². The SMILES string of the molecule is CCC(CCN)CCCN(CC)Cc1cccc(C)n1. The van der Waals surface area contributed by atoms with Gasteiger partial charge in [-0.15, -0.1) is 0 Å². The second kappa shape index (κ2) is 9.89. The Hall–Kier alpha value is -0.930. The van der Waals surface area contributed by atoms with Crippen molar-refractivity contribution in [3.05, 3.63) is 29.6 Å². The molecule has 0 fully saturated rings. The number of nitrogens with two attached hydrogens (primary N) is 1. The van der Waals surface area contributed by atoms with E-state index in [0.29, 0.717) is 0 Å². The Kier molecular flexibility index (Phi) is 8.47. The molecule has 0 aliphatic rings. The van der Waals surface area contributed by atoms with Crippen molar-refractivity contribution in [1.82, 2.24) is 9.88 Å². The molecule has 1 unspecified atom stereocenters. The van der Waals surface area contributed by atoms with Gasteiger partial charge in [-0.05, 0) is 63.9 Å². The molecule has 20 heavy (non-hydrogen) atoms. The van der Waals surface area contributed by atoms with Crippen LogP contribution in [0.15, 0.2) is 18.2 Å². The maximum atomic E-state index is 5.66. The Labute approximate surface area is 124 Å². The second-order valence-corrected chi connectivity index (χ2v) is 5.63. The normalized spacial score (nSPS) is 12.8. The van der Waals surface area contributed by atoms with E-state index >= 15 is 0 Å². The molecule has 0 radical (unpaired) electrons. The summed E-state index contributed by atoms with van der Waals surface area (Å²) in [6.45, 7) is 10.6. The van der Waals surface area contributed by atoms with Crippen molar-refractivity contribution in [2.45, 2.75) is 53.0 Å². The average molecular weight is 277 g/mol. The fourth-order valence-electron chi connectivity index (χ4n) is 2.66. The van der Waals surface area contributed by atoms with Gasteiger partial charge in [0.15, 0.2) is 0 Å². The lowest BCUT2D eigenvalue weighted by atomic mass is 9.96. The second-order valence-electron chi connectivity index (χ2n) is 5.63. The van der Waals surface area contributed by atoms with Gasteiger partial charge in [0.25, 0.3) is 0 Å². The molecule has 1 rings (SSSR count). The highest BCUT2D eigenvalue weighted by Gasteiger charge is 2.08. The molecule has 1 aromatic heterocycles. The summed E-state index contributed by atoms with van der Waals surface area (Å²) in [5.41, 5.74) is 7.95. The summed E-state index contributed by atoms with van der Waals surface area (Å²) < 4.78 is 0. The minimum atomic E-state index is 0.802. The Bertz CT molecular complexity index is 365. The minimum absolute atomic E-state index is 0.802. The van der Waals surface area contributed by atoms with Crippen LogP contribution in [0.2, 0.25) is 0 Å². The number of nitrogens with zero attached hydrogens (tertiary/aromatic N) is 2. The standard InChI is InChI=1S/C17H31N3/c1-4-16(11-12-18)9-7-13-20(5-2)14-17-10-6-8-15(3)19-17/h6,8,10,16H,4-5,7,9,11-14,18H2,1-3H3.